The first-order chi connectivity index (χ1) is 6.13. The molecule has 0 aliphatic carbocycles. The van der Waals surface area contributed by atoms with Crippen LogP contribution in [0.3, 0.4) is 0 Å². The normalized spacial score (nSPS) is 10.5. The summed E-state index contributed by atoms with van der Waals surface area (Å²) in [5, 5.41) is 0.904. The lowest BCUT2D eigenvalue weighted by molar-refractivity contribution is 0.242. The molecule has 0 heterocycles. The molecular formula is C11H15BrO. The van der Waals surface area contributed by atoms with E-state index in [1.54, 1.807) is 0 Å². The van der Waals surface area contributed by atoms with Gasteiger partial charge < -0.3 is 4.74 Å². The Bertz CT molecular complexity index is 281. The molecular weight excluding hydrogens is 228 g/mol. The summed E-state index contributed by atoms with van der Waals surface area (Å²) in [4.78, 5) is 0. The van der Waals surface area contributed by atoms with E-state index in [1.807, 2.05) is 19.9 Å². The van der Waals surface area contributed by atoms with Crippen molar-refractivity contribution in [2.45, 2.75) is 32.2 Å². The number of benzene rings is 1. The molecule has 0 unspecified atom stereocenters. The average molecular weight is 243 g/mol. The van der Waals surface area contributed by atoms with E-state index in [-0.39, 0.29) is 6.10 Å². The summed E-state index contributed by atoms with van der Waals surface area (Å²) in [5.74, 6) is 0.956. The Morgan fingerprint density at radius 2 is 2.08 bits per heavy atom. The monoisotopic (exact) mass is 242 g/mol. The fourth-order valence-electron chi connectivity index (χ4n) is 1.16. The van der Waals surface area contributed by atoms with E-state index in [0.29, 0.717) is 0 Å². The van der Waals surface area contributed by atoms with Crippen molar-refractivity contribution < 1.29 is 4.74 Å². The quantitative estimate of drug-likeness (QED) is 0.736. The molecule has 0 aromatic heterocycles. The Labute approximate surface area is 88.2 Å². The molecule has 0 aliphatic rings. The van der Waals surface area contributed by atoms with Gasteiger partial charge in [-0.25, -0.2) is 0 Å². The van der Waals surface area contributed by atoms with E-state index >= 15 is 0 Å². The van der Waals surface area contributed by atoms with Gasteiger partial charge >= 0.3 is 0 Å². The molecule has 13 heavy (non-hydrogen) atoms. The molecule has 0 aliphatic heterocycles. The van der Waals surface area contributed by atoms with Crippen LogP contribution in [0.25, 0.3) is 0 Å². The van der Waals surface area contributed by atoms with Gasteiger partial charge in [0, 0.05) is 5.33 Å². The van der Waals surface area contributed by atoms with E-state index in [4.69, 9.17) is 4.74 Å². The Kier molecular flexibility index (Phi) is 3.79. The molecule has 0 saturated carbocycles. The Morgan fingerprint density at radius 1 is 1.38 bits per heavy atom. The predicted octanol–water partition coefficient (Wildman–Crippen LogP) is 3.68. The van der Waals surface area contributed by atoms with Crippen molar-refractivity contribution in [3.05, 3.63) is 29.3 Å². The smallest absolute Gasteiger partial charge is 0.119 e. The highest BCUT2D eigenvalue weighted by molar-refractivity contribution is 9.08. The summed E-state index contributed by atoms with van der Waals surface area (Å²) in [6, 6.07) is 6.20. The molecule has 0 fully saturated rings. The summed E-state index contributed by atoms with van der Waals surface area (Å²) < 4.78 is 5.58. The highest BCUT2D eigenvalue weighted by atomic mass is 79.9. The largest absolute Gasteiger partial charge is 0.491 e. The van der Waals surface area contributed by atoms with Crippen molar-refractivity contribution in [1.82, 2.24) is 0 Å². The number of aryl methyl sites for hydroxylation is 1. The van der Waals surface area contributed by atoms with Gasteiger partial charge in [-0.05, 0) is 44.0 Å². The van der Waals surface area contributed by atoms with Crippen molar-refractivity contribution in [3.63, 3.8) is 0 Å². The van der Waals surface area contributed by atoms with Crippen LogP contribution < -0.4 is 4.74 Å². The number of alkyl halides is 1. The first-order valence-electron chi connectivity index (χ1n) is 4.45. The third-order valence-electron chi connectivity index (χ3n) is 1.83. The van der Waals surface area contributed by atoms with E-state index in [9.17, 15) is 0 Å². The zero-order valence-electron chi connectivity index (χ0n) is 8.30. The molecule has 1 aromatic rings. The maximum Gasteiger partial charge on any atom is 0.119 e. The minimum absolute atomic E-state index is 0.245. The minimum Gasteiger partial charge on any atom is -0.491 e. The molecule has 0 spiro atoms. The van der Waals surface area contributed by atoms with Crippen LogP contribution in [0.5, 0.6) is 5.75 Å². The van der Waals surface area contributed by atoms with Gasteiger partial charge in [-0.15, -0.1) is 0 Å². The van der Waals surface area contributed by atoms with Gasteiger partial charge in [0.15, 0.2) is 0 Å². The van der Waals surface area contributed by atoms with Gasteiger partial charge in [0.2, 0.25) is 0 Å². The van der Waals surface area contributed by atoms with E-state index in [0.717, 1.165) is 11.1 Å². The molecule has 0 atom stereocenters. The number of ether oxygens (including phenoxy) is 1. The Balaban J connectivity index is 2.83. The highest BCUT2D eigenvalue weighted by Gasteiger charge is 2.00. The van der Waals surface area contributed by atoms with Crippen LogP contribution >= 0.6 is 15.9 Å². The van der Waals surface area contributed by atoms with Gasteiger partial charge in [0.1, 0.15) is 5.75 Å². The predicted molar refractivity (Wildman–Crippen MR) is 59.6 cm³/mol. The van der Waals surface area contributed by atoms with Crippen molar-refractivity contribution in [1.29, 1.82) is 0 Å². The molecule has 1 rings (SSSR count). The summed E-state index contributed by atoms with van der Waals surface area (Å²) in [6.07, 6.45) is 0.245. The summed E-state index contributed by atoms with van der Waals surface area (Å²) >= 11 is 3.44. The SMILES string of the molecule is Cc1cc(OC(C)C)ccc1CBr. The molecule has 2 heteroatoms. The number of rotatable bonds is 3. The summed E-state index contributed by atoms with van der Waals surface area (Å²) in [7, 11) is 0. The van der Waals surface area contributed by atoms with Crippen LogP contribution in [-0.2, 0) is 5.33 Å². The topological polar surface area (TPSA) is 9.23 Å². The third-order valence-corrected chi connectivity index (χ3v) is 2.43. The first kappa shape index (κ1) is 10.6. The maximum atomic E-state index is 5.58. The van der Waals surface area contributed by atoms with Crippen molar-refractivity contribution in [2.75, 3.05) is 0 Å². The van der Waals surface area contributed by atoms with Crippen LogP contribution in [0.2, 0.25) is 0 Å². The van der Waals surface area contributed by atoms with Crippen molar-refractivity contribution >= 4 is 15.9 Å². The van der Waals surface area contributed by atoms with Gasteiger partial charge in [0.25, 0.3) is 0 Å². The zero-order valence-corrected chi connectivity index (χ0v) is 9.89. The Hall–Kier alpha value is -0.500. The molecule has 0 bridgehead atoms. The van der Waals surface area contributed by atoms with Crippen LogP contribution in [0, 0.1) is 6.92 Å². The fraction of sp³-hybridized carbons (Fsp3) is 0.455. The molecule has 0 saturated heterocycles. The van der Waals surface area contributed by atoms with Crippen LogP contribution in [0.1, 0.15) is 25.0 Å². The van der Waals surface area contributed by atoms with E-state index < -0.39 is 0 Å². The second-order valence-electron chi connectivity index (χ2n) is 3.39. The minimum atomic E-state index is 0.245. The average Bonchev–Trinajstić information content (AvgIpc) is 2.03. The molecule has 72 valence electrons. The van der Waals surface area contributed by atoms with Crippen LogP contribution in [0.4, 0.5) is 0 Å². The fourth-order valence-corrected chi connectivity index (χ4v) is 1.79. The van der Waals surface area contributed by atoms with Gasteiger partial charge in [-0.2, -0.15) is 0 Å². The van der Waals surface area contributed by atoms with Gasteiger partial charge in [0.05, 0.1) is 6.10 Å². The summed E-state index contributed by atoms with van der Waals surface area (Å²) in [5.41, 5.74) is 2.59. The molecule has 1 aromatic carbocycles. The highest BCUT2D eigenvalue weighted by Crippen LogP contribution is 2.19. The molecule has 0 amide bonds. The van der Waals surface area contributed by atoms with Gasteiger partial charge in [-0.1, -0.05) is 22.0 Å². The second kappa shape index (κ2) is 4.66. The van der Waals surface area contributed by atoms with Crippen LogP contribution in [-0.4, -0.2) is 6.10 Å². The summed E-state index contributed by atoms with van der Waals surface area (Å²) in [6.45, 7) is 6.17. The Morgan fingerprint density at radius 3 is 2.54 bits per heavy atom. The lowest BCUT2D eigenvalue weighted by Crippen LogP contribution is -2.05. The first-order valence-corrected chi connectivity index (χ1v) is 5.57. The maximum absolute atomic E-state index is 5.58. The number of hydrogen-bond donors (Lipinski definition) is 0. The van der Waals surface area contributed by atoms with E-state index in [1.165, 1.54) is 11.1 Å². The van der Waals surface area contributed by atoms with E-state index in [2.05, 4.69) is 35.0 Å². The van der Waals surface area contributed by atoms with Crippen LogP contribution in [0.15, 0.2) is 18.2 Å². The molecule has 0 N–H and O–H groups in total. The second-order valence-corrected chi connectivity index (χ2v) is 3.95. The molecule has 0 radical (unpaired) electrons. The standard InChI is InChI=1S/C11H15BrO/c1-8(2)13-11-5-4-10(7-12)9(3)6-11/h4-6,8H,7H2,1-3H3. The number of halogens is 1. The van der Waals surface area contributed by atoms with Crippen molar-refractivity contribution in [3.8, 4) is 5.75 Å². The van der Waals surface area contributed by atoms with Gasteiger partial charge in [-0.3, -0.25) is 0 Å². The third kappa shape index (κ3) is 3.03. The lowest BCUT2D eigenvalue weighted by atomic mass is 10.1. The zero-order chi connectivity index (χ0) is 9.84. The van der Waals surface area contributed by atoms with Crippen molar-refractivity contribution in [2.24, 2.45) is 0 Å². The molecule has 1 nitrogen and oxygen atoms in total. The lowest BCUT2D eigenvalue weighted by Gasteiger charge is -2.11. The number of hydrogen-bond acceptors (Lipinski definition) is 1.